The third kappa shape index (κ3) is 3.89. The van der Waals surface area contributed by atoms with Gasteiger partial charge in [0.15, 0.2) is 5.82 Å². The predicted molar refractivity (Wildman–Crippen MR) is 97.7 cm³/mol. The van der Waals surface area contributed by atoms with E-state index in [1.807, 2.05) is 34.7 Å². The van der Waals surface area contributed by atoms with Crippen LogP contribution in [0.3, 0.4) is 0 Å². The van der Waals surface area contributed by atoms with Gasteiger partial charge in [-0.05, 0) is 31.9 Å². The standard InChI is InChI=1S/C19H22N6O2/c1-14-21-8-12-24(14)11-6-17(26)25-9-4-15(5-10-25)18-22-19(27-23-18)16-3-2-7-20-13-16/h2-3,7-8,12-13,15H,4-6,9-11H2,1H3. The molecule has 1 aliphatic heterocycles. The van der Waals surface area contributed by atoms with Crippen molar-refractivity contribution in [3.63, 3.8) is 0 Å². The Bertz CT molecular complexity index is 896. The summed E-state index contributed by atoms with van der Waals surface area (Å²) in [7, 11) is 0. The highest BCUT2D eigenvalue weighted by Crippen LogP contribution is 2.28. The smallest absolute Gasteiger partial charge is 0.259 e. The third-order valence-electron chi connectivity index (χ3n) is 5.05. The van der Waals surface area contributed by atoms with Crippen molar-refractivity contribution in [2.24, 2.45) is 0 Å². The molecule has 0 radical (unpaired) electrons. The molecule has 1 amide bonds. The van der Waals surface area contributed by atoms with Gasteiger partial charge in [0, 0.05) is 56.8 Å². The van der Waals surface area contributed by atoms with E-state index in [-0.39, 0.29) is 11.8 Å². The topological polar surface area (TPSA) is 89.9 Å². The summed E-state index contributed by atoms with van der Waals surface area (Å²) in [5, 5.41) is 4.14. The van der Waals surface area contributed by atoms with Crippen molar-refractivity contribution in [3.8, 4) is 11.5 Å². The van der Waals surface area contributed by atoms with Crippen LogP contribution in [0.5, 0.6) is 0 Å². The van der Waals surface area contributed by atoms with E-state index in [9.17, 15) is 4.79 Å². The highest BCUT2D eigenvalue weighted by atomic mass is 16.5. The quantitative estimate of drug-likeness (QED) is 0.689. The molecule has 0 aliphatic carbocycles. The highest BCUT2D eigenvalue weighted by molar-refractivity contribution is 5.76. The van der Waals surface area contributed by atoms with Crippen molar-refractivity contribution < 1.29 is 9.32 Å². The van der Waals surface area contributed by atoms with E-state index in [1.54, 1.807) is 18.6 Å². The minimum Gasteiger partial charge on any atom is -0.343 e. The lowest BCUT2D eigenvalue weighted by Gasteiger charge is -2.30. The van der Waals surface area contributed by atoms with E-state index in [0.29, 0.717) is 18.9 Å². The van der Waals surface area contributed by atoms with Gasteiger partial charge in [-0.25, -0.2) is 4.98 Å². The first-order valence-electron chi connectivity index (χ1n) is 9.20. The van der Waals surface area contributed by atoms with Crippen LogP contribution in [0.1, 0.15) is 36.8 Å². The number of pyridine rings is 1. The van der Waals surface area contributed by atoms with Gasteiger partial charge in [0.2, 0.25) is 5.91 Å². The van der Waals surface area contributed by atoms with Gasteiger partial charge in [0.05, 0.1) is 5.56 Å². The van der Waals surface area contributed by atoms with Gasteiger partial charge >= 0.3 is 0 Å². The number of rotatable bonds is 5. The Hall–Kier alpha value is -3.03. The summed E-state index contributed by atoms with van der Waals surface area (Å²) in [5.41, 5.74) is 0.818. The van der Waals surface area contributed by atoms with Crippen molar-refractivity contribution in [3.05, 3.63) is 48.6 Å². The normalized spacial score (nSPS) is 15.2. The number of carbonyl (C=O) groups is 1. The van der Waals surface area contributed by atoms with Gasteiger partial charge in [0.1, 0.15) is 5.82 Å². The summed E-state index contributed by atoms with van der Waals surface area (Å²) in [4.78, 5) is 27.2. The minimum absolute atomic E-state index is 0.186. The Balaban J connectivity index is 1.30. The molecule has 0 N–H and O–H groups in total. The Labute approximate surface area is 157 Å². The summed E-state index contributed by atoms with van der Waals surface area (Å²) in [5.74, 6) is 2.55. The lowest BCUT2D eigenvalue weighted by atomic mass is 9.96. The van der Waals surface area contributed by atoms with Gasteiger partial charge in [-0.3, -0.25) is 9.78 Å². The second-order valence-corrected chi connectivity index (χ2v) is 6.77. The van der Waals surface area contributed by atoms with E-state index in [4.69, 9.17) is 4.52 Å². The second kappa shape index (κ2) is 7.69. The van der Waals surface area contributed by atoms with E-state index in [1.165, 1.54) is 0 Å². The van der Waals surface area contributed by atoms with E-state index in [0.717, 1.165) is 43.1 Å². The van der Waals surface area contributed by atoms with Gasteiger partial charge in [-0.15, -0.1) is 0 Å². The van der Waals surface area contributed by atoms with Gasteiger partial charge in [0.25, 0.3) is 5.89 Å². The van der Waals surface area contributed by atoms with E-state index in [2.05, 4.69) is 20.1 Å². The molecule has 0 aromatic carbocycles. The monoisotopic (exact) mass is 366 g/mol. The fourth-order valence-electron chi connectivity index (χ4n) is 3.41. The molecule has 0 bridgehead atoms. The van der Waals surface area contributed by atoms with Crippen molar-refractivity contribution in [2.75, 3.05) is 13.1 Å². The molecule has 8 nitrogen and oxygen atoms in total. The minimum atomic E-state index is 0.186. The summed E-state index contributed by atoms with van der Waals surface area (Å²) in [6, 6.07) is 3.74. The number of piperidine rings is 1. The molecule has 4 heterocycles. The Morgan fingerprint density at radius 2 is 2.15 bits per heavy atom. The molecule has 0 spiro atoms. The highest BCUT2D eigenvalue weighted by Gasteiger charge is 2.27. The zero-order valence-electron chi connectivity index (χ0n) is 15.3. The number of likely N-dealkylation sites (tertiary alicyclic amines) is 1. The SMILES string of the molecule is Cc1nccn1CCC(=O)N1CCC(c2noc(-c3cccnc3)n2)CC1. The first-order valence-corrected chi connectivity index (χ1v) is 9.20. The summed E-state index contributed by atoms with van der Waals surface area (Å²) >= 11 is 0. The molecule has 0 saturated carbocycles. The summed E-state index contributed by atoms with van der Waals surface area (Å²) in [6.45, 7) is 4.07. The van der Waals surface area contributed by atoms with Crippen LogP contribution in [0.2, 0.25) is 0 Å². The molecule has 1 fully saturated rings. The number of nitrogens with zero attached hydrogens (tertiary/aromatic N) is 6. The summed E-state index contributed by atoms with van der Waals surface area (Å²) < 4.78 is 7.38. The largest absolute Gasteiger partial charge is 0.343 e. The Morgan fingerprint density at radius 1 is 1.30 bits per heavy atom. The molecular weight excluding hydrogens is 344 g/mol. The maximum Gasteiger partial charge on any atom is 0.259 e. The van der Waals surface area contributed by atoms with Crippen LogP contribution >= 0.6 is 0 Å². The van der Waals surface area contributed by atoms with Crippen molar-refractivity contribution in [1.29, 1.82) is 0 Å². The predicted octanol–water partition coefficient (Wildman–Crippen LogP) is 2.43. The molecule has 1 aliphatic rings. The molecule has 3 aromatic heterocycles. The lowest BCUT2D eigenvalue weighted by molar-refractivity contribution is -0.132. The third-order valence-corrected chi connectivity index (χ3v) is 5.05. The van der Waals surface area contributed by atoms with Gasteiger partial charge in [-0.2, -0.15) is 4.98 Å². The molecule has 140 valence electrons. The fourth-order valence-corrected chi connectivity index (χ4v) is 3.41. The van der Waals surface area contributed by atoms with Crippen molar-refractivity contribution in [2.45, 2.75) is 38.6 Å². The maximum absolute atomic E-state index is 12.5. The number of aryl methyl sites for hydroxylation is 2. The van der Waals surface area contributed by atoms with Crippen LogP contribution in [0.15, 0.2) is 41.4 Å². The van der Waals surface area contributed by atoms with Crippen LogP contribution in [0, 0.1) is 6.92 Å². The average molecular weight is 366 g/mol. The molecule has 8 heteroatoms. The van der Waals surface area contributed by atoms with Crippen LogP contribution in [0.4, 0.5) is 0 Å². The van der Waals surface area contributed by atoms with Crippen molar-refractivity contribution in [1.82, 2.24) is 29.6 Å². The van der Waals surface area contributed by atoms with Crippen LogP contribution < -0.4 is 0 Å². The Morgan fingerprint density at radius 3 is 2.85 bits per heavy atom. The van der Waals surface area contributed by atoms with Crippen LogP contribution in [0.25, 0.3) is 11.5 Å². The van der Waals surface area contributed by atoms with Gasteiger partial charge in [-0.1, -0.05) is 5.16 Å². The summed E-state index contributed by atoms with van der Waals surface area (Å²) in [6.07, 6.45) is 9.28. The first kappa shape index (κ1) is 17.4. The second-order valence-electron chi connectivity index (χ2n) is 6.77. The number of carbonyl (C=O) groups excluding carboxylic acids is 1. The van der Waals surface area contributed by atoms with Crippen LogP contribution in [-0.4, -0.2) is 48.6 Å². The van der Waals surface area contributed by atoms with E-state index < -0.39 is 0 Å². The molecule has 0 unspecified atom stereocenters. The molecule has 1 saturated heterocycles. The molecule has 3 aromatic rings. The number of hydrogen-bond donors (Lipinski definition) is 0. The fraction of sp³-hybridized carbons (Fsp3) is 0.421. The number of imidazole rings is 1. The average Bonchev–Trinajstić information content (AvgIpc) is 3.36. The molecule has 4 rings (SSSR count). The number of hydrogen-bond acceptors (Lipinski definition) is 6. The Kier molecular flexibility index (Phi) is 4.95. The number of amides is 1. The molecule has 27 heavy (non-hydrogen) atoms. The van der Waals surface area contributed by atoms with E-state index >= 15 is 0 Å². The zero-order chi connectivity index (χ0) is 18.6. The van der Waals surface area contributed by atoms with Crippen molar-refractivity contribution >= 4 is 5.91 Å². The lowest BCUT2D eigenvalue weighted by Crippen LogP contribution is -2.38. The maximum atomic E-state index is 12.5. The molecular formula is C19H22N6O2. The number of aromatic nitrogens is 5. The first-order chi connectivity index (χ1) is 13.2. The van der Waals surface area contributed by atoms with Crippen LogP contribution in [-0.2, 0) is 11.3 Å². The zero-order valence-corrected chi connectivity index (χ0v) is 15.3. The molecule has 0 atom stereocenters. The van der Waals surface area contributed by atoms with Gasteiger partial charge < -0.3 is 14.0 Å².